The summed E-state index contributed by atoms with van der Waals surface area (Å²) in [6.45, 7) is 0.592. The van der Waals surface area contributed by atoms with E-state index >= 15 is 0 Å². The molecule has 1 aromatic carbocycles. The first-order valence-corrected chi connectivity index (χ1v) is 9.60. The minimum Gasteiger partial charge on any atom is -0.406 e. The second-order valence-corrected chi connectivity index (χ2v) is 8.67. The second kappa shape index (κ2) is 6.44. The third-order valence-electron chi connectivity index (χ3n) is 5.13. The second-order valence-electron chi connectivity index (χ2n) is 6.73. The van der Waals surface area contributed by atoms with E-state index in [1.54, 1.807) is 0 Å². The highest BCUT2D eigenvalue weighted by Gasteiger charge is 2.47. The Balaban J connectivity index is 1.79. The summed E-state index contributed by atoms with van der Waals surface area (Å²) in [4.78, 5) is -0.0773. The predicted molar refractivity (Wildman–Crippen MR) is 83.4 cm³/mol. The van der Waals surface area contributed by atoms with Gasteiger partial charge in [-0.15, -0.1) is 13.2 Å². The quantitative estimate of drug-likeness (QED) is 0.877. The Morgan fingerprint density at radius 2 is 1.80 bits per heavy atom. The van der Waals surface area contributed by atoms with Crippen LogP contribution in [0.25, 0.3) is 0 Å². The number of aliphatic hydroxyl groups is 1. The number of hydrogen-bond acceptors (Lipinski definition) is 4. The van der Waals surface area contributed by atoms with E-state index in [4.69, 9.17) is 0 Å². The molecule has 0 radical (unpaired) electrons. The van der Waals surface area contributed by atoms with Crippen molar-refractivity contribution in [3.8, 4) is 5.75 Å². The molecule has 2 aliphatic rings. The summed E-state index contributed by atoms with van der Waals surface area (Å²) < 4.78 is 67.3. The normalized spacial score (nSPS) is 28.4. The SMILES string of the molecule is O=S(=O)(c1ccc(OC(F)(F)F)cc1)N1CCC[C@]2(CCC[C@H]2O)C1. The number of aliphatic hydroxyl groups excluding tert-OH is 1. The van der Waals surface area contributed by atoms with Crippen LogP contribution in [-0.4, -0.2) is 43.4 Å². The maximum atomic E-state index is 12.8. The zero-order valence-corrected chi connectivity index (χ0v) is 14.3. The lowest BCUT2D eigenvalue weighted by Crippen LogP contribution is -2.49. The average molecular weight is 379 g/mol. The van der Waals surface area contributed by atoms with Gasteiger partial charge in [0.2, 0.25) is 10.0 Å². The van der Waals surface area contributed by atoms with Crippen LogP contribution in [0.15, 0.2) is 29.2 Å². The Bertz CT molecular complexity index is 720. The van der Waals surface area contributed by atoms with Crippen molar-refractivity contribution in [1.29, 1.82) is 0 Å². The molecule has 1 saturated heterocycles. The number of hydrogen-bond donors (Lipinski definition) is 1. The lowest BCUT2D eigenvalue weighted by atomic mass is 9.77. The molecule has 0 unspecified atom stereocenters. The van der Waals surface area contributed by atoms with Gasteiger partial charge in [-0.05, 0) is 49.9 Å². The molecule has 1 heterocycles. The Kier molecular flexibility index (Phi) is 4.76. The van der Waals surface area contributed by atoms with Gasteiger partial charge in [0.25, 0.3) is 0 Å². The highest BCUT2D eigenvalue weighted by atomic mass is 32.2. The summed E-state index contributed by atoms with van der Waals surface area (Å²) in [6, 6.07) is 4.21. The van der Waals surface area contributed by atoms with Gasteiger partial charge in [0.15, 0.2) is 0 Å². The van der Waals surface area contributed by atoms with Crippen molar-refractivity contribution in [2.45, 2.75) is 49.5 Å². The topological polar surface area (TPSA) is 66.8 Å². The highest BCUT2D eigenvalue weighted by molar-refractivity contribution is 7.89. The van der Waals surface area contributed by atoms with E-state index in [2.05, 4.69) is 4.74 Å². The van der Waals surface area contributed by atoms with E-state index in [0.29, 0.717) is 19.4 Å². The van der Waals surface area contributed by atoms with Crippen molar-refractivity contribution in [3.63, 3.8) is 0 Å². The fourth-order valence-corrected chi connectivity index (χ4v) is 5.46. The summed E-state index contributed by atoms with van der Waals surface area (Å²) in [5.41, 5.74) is -0.398. The summed E-state index contributed by atoms with van der Waals surface area (Å²) in [5.74, 6) is -0.465. The van der Waals surface area contributed by atoms with E-state index in [1.807, 2.05) is 0 Å². The lowest BCUT2D eigenvalue weighted by Gasteiger charge is -2.41. The van der Waals surface area contributed by atoms with Gasteiger partial charge in [-0.1, -0.05) is 6.42 Å². The minimum atomic E-state index is -4.82. The molecule has 0 amide bonds. The molecular formula is C16H20F3NO4S. The zero-order valence-electron chi connectivity index (χ0n) is 13.5. The van der Waals surface area contributed by atoms with Crippen LogP contribution in [0.3, 0.4) is 0 Å². The molecule has 1 N–H and O–H groups in total. The molecule has 1 saturated carbocycles. The number of alkyl halides is 3. The minimum absolute atomic E-state index is 0.0773. The number of piperidine rings is 1. The lowest BCUT2D eigenvalue weighted by molar-refractivity contribution is -0.274. The van der Waals surface area contributed by atoms with Crippen LogP contribution >= 0.6 is 0 Å². The third kappa shape index (κ3) is 3.78. The van der Waals surface area contributed by atoms with Crippen LogP contribution in [0.4, 0.5) is 13.2 Å². The van der Waals surface area contributed by atoms with Gasteiger partial charge >= 0.3 is 6.36 Å². The number of ether oxygens (including phenoxy) is 1. The van der Waals surface area contributed by atoms with Gasteiger partial charge in [-0.25, -0.2) is 8.42 Å². The number of halogens is 3. The molecule has 25 heavy (non-hydrogen) atoms. The molecule has 0 bridgehead atoms. The number of rotatable bonds is 3. The molecule has 5 nitrogen and oxygen atoms in total. The Labute approximate surface area is 144 Å². The fraction of sp³-hybridized carbons (Fsp3) is 0.625. The van der Waals surface area contributed by atoms with Gasteiger partial charge in [0.1, 0.15) is 5.75 Å². The van der Waals surface area contributed by atoms with Gasteiger partial charge in [0.05, 0.1) is 11.0 Å². The van der Waals surface area contributed by atoms with Gasteiger partial charge in [-0.2, -0.15) is 4.31 Å². The summed E-state index contributed by atoms with van der Waals surface area (Å²) in [6.07, 6.45) is -1.54. The third-order valence-corrected chi connectivity index (χ3v) is 6.99. The molecule has 0 aromatic heterocycles. The summed E-state index contributed by atoms with van der Waals surface area (Å²) >= 11 is 0. The maximum absolute atomic E-state index is 12.8. The molecule has 1 aliphatic heterocycles. The summed E-state index contributed by atoms with van der Waals surface area (Å²) in [7, 11) is -3.82. The van der Waals surface area contributed by atoms with Crippen LogP contribution < -0.4 is 4.74 Å². The van der Waals surface area contributed by atoms with Crippen LogP contribution in [0.1, 0.15) is 32.1 Å². The van der Waals surface area contributed by atoms with E-state index in [0.717, 1.165) is 43.5 Å². The smallest absolute Gasteiger partial charge is 0.406 e. The molecule has 2 fully saturated rings. The van der Waals surface area contributed by atoms with Crippen molar-refractivity contribution in [2.75, 3.05) is 13.1 Å². The molecule has 9 heteroatoms. The first-order valence-electron chi connectivity index (χ1n) is 8.16. The van der Waals surface area contributed by atoms with E-state index < -0.39 is 33.7 Å². The Hall–Kier alpha value is -1.32. The predicted octanol–water partition coefficient (Wildman–Crippen LogP) is 2.90. The number of benzene rings is 1. The first-order chi connectivity index (χ1) is 11.6. The van der Waals surface area contributed by atoms with Crippen LogP contribution in [0, 0.1) is 5.41 Å². The van der Waals surface area contributed by atoms with Crippen LogP contribution in [0.2, 0.25) is 0 Å². The molecule has 1 aromatic rings. The van der Waals surface area contributed by atoms with Crippen molar-refractivity contribution in [2.24, 2.45) is 5.41 Å². The zero-order chi connectivity index (χ0) is 18.3. The van der Waals surface area contributed by atoms with E-state index in [-0.39, 0.29) is 11.4 Å². The molecular weight excluding hydrogens is 359 g/mol. The maximum Gasteiger partial charge on any atom is 0.573 e. The van der Waals surface area contributed by atoms with Crippen LogP contribution in [-0.2, 0) is 10.0 Å². The van der Waals surface area contributed by atoms with Crippen molar-refractivity contribution in [1.82, 2.24) is 4.31 Å². The average Bonchev–Trinajstić information content (AvgIpc) is 2.86. The Morgan fingerprint density at radius 1 is 1.16 bits per heavy atom. The van der Waals surface area contributed by atoms with Gasteiger partial charge in [0, 0.05) is 18.5 Å². The highest BCUT2D eigenvalue weighted by Crippen LogP contribution is 2.46. The molecule has 1 spiro atoms. The fourth-order valence-electron chi connectivity index (χ4n) is 3.88. The van der Waals surface area contributed by atoms with Crippen LogP contribution in [0.5, 0.6) is 5.75 Å². The Morgan fingerprint density at radius 3 is 2.36 bits per heavy atom. The largest absolute Gasteiger partial charge is 0.573 e. The summed E-state index contributed by atoms with van der Waals surface area (Å²) in [5, 5.41) is 10.3. The molecule has 140 valence electrons. The molecule has 2 atom stereocenters. The standard InChI is InChI=1S/C16H20F3NO4S/c17-16(18,19)24-12-4-6-13(7-5-12)25(22,23)20-10-2-9-15(11-20)8-1-3-14(15)21/h4-7,14,21H,1-3,8-11H2/t14-,15-/m1/s1. The monoisotopic (exact) mass is 379 g/mol. The van der Waals surface area contributed by atoms with Crippen molar-refractivity contribution >= 4 is 10.0 Å². The van der Waals surface area contributed by atoms with Crippen molar-refractivity contribution < 1.29 is 31.4 Å². The molecule has 3 rings (SSSR count). The number of sulfonamides is 1. The van der Waals surface area contributed by atoms with Gasteiger partial charge in [-0.3, -0.25) is 0 Å². The van der Waals surface area contributed by atoms with Gasteiger partial charge < -0.3 is 9.84 Å². The van der Waals surface area contributed by atoms with Crippen molar-refractivity contribution in [3.05, 3.63) is 24.3 Å². The van der Waals surface area contributed by atoms with E-state index in [9.17, 15) is 26.7 Å². The van der Waals surface area contributed by atoms with E-state index in [1.165, 1.54) is 4.31 Å². The molecule has 1 aliphatic carbocycles. The number of nitrogens with zero attached hydrogens (tertiary/aromatic N) is 1. The first kappa shape index (κ1) is 18.5.